The summed E-state index contributed by atoms with van der Waals surface area (Å²) >= 11 is 2.17. The number of aryl methyl sites for hydroxylation is 1. The number of carbonyl (C=O) groups is 2. The Morgan fingerprint density at radius 2 is 1.72 bits per heavy atom. The summed E-state index contributed by atoms with van der Waals surface area (Å²) in [4.78, 5) is 27.2. The molecule has 0 bridgehead atoms. The van der Waals surface area contributed by atoms with Crippen LogP contribution >= 0.6 is 22.6 Å². The quantitative estimate of drug-likeness (QED) is 0.731. The van der Waals surface area contributed by atoms with E-state index in [-0.39, 0.29) is 11.8 Å². The number of ether oxygens (including phenoxy) is 1. The molecule has 1 saturated heterocycles. The van der Waals surface area contributed by atoms with E-state index in [1.165, 1.54) is 0 Å². The molecular weight excluding hydrogens is 431 g/mol. The Hall–Kier alpha value is -1.93. The average molecular weight is 450 g/mol. The molecule has 3 rings (SSSR count). The molecule has 0 aromatic heterocycles. The van der Waals surface area contributed by atoms with Crippen LogP contribution in [0.1, 0.15) is 26.3 Å². The van der Waals surface area contributed by atoms with Crippen molar-refractivity contribution in [1.29, 1.82) is 0 Å². The number of carbonyl (C=O) groups excluding carboxylic acids is 2. The first-order valence-electron chi connectivity index (χ1n) is 8.10. The largest absolute Gasteiger partial charge is 0.378 e. The third-order valence-corrected chi connectivity index (χ3v) is 5.57. The average Bonchev–Trinajstić information content (AvgIpc) is 2.64. The molecule has 5 nitrogen and oxygen atoms in total. The number of hydrogen-bond acceptors (Lipinski definition) is 3. The van der Waals surface area contributed by atoms with Crippen LogP contribution < -0.4 is 5.32 Å². The Morgan fingerprint density at radius 1 is 1.04 bits per heavy atom. The van der Waals surface area contributed by atoms with Crippen molar-refractivity contribution >= 4 is 40.1 Å². The lowest BCUT2D eigenvalue weighted by molar-refractivity contribution is 0.0303. The van der Waals surface area contributed by atoms with Gasteiger partial charge >= 0.3 is 0 Å². The Balaban J connectivity index is 1.84. The van der Waals surface area contributed by atoms with Crippen LogP contribution in [0.5, 0.6) is 0 Å². The molecule has 2 amide bonds. The highest BCUT2D eigenvalue weighted by Gasteiger charge is 2.22. The standard InChI is InChI=1S/C19H19IN2O3/c1-13-5-4-7-15(17(13)20)18(23)21-16-8-3-2-6-14(16)19(24)22-9-11-25-12-10-22/h2-8H,9-12H2,1H3,(H,21,23). The molecule has 0 atom stereocenters. The SMILES string of the molecule is Cc1cccc(C(=O)Nc2ccccc2C(=O)N2CCOCC2)c1I. The molecule has 0 unspecified atom stereocenters. The fourth-order valence-corrected chi connectivity index (χ4v) is 3.33. The van der Waals surface area contributed by atoms with Crippen LogP contribution in [0.4, 0.5) is 5.69 Å². The molecule has 130 valence electrons. The van der Waals surface area contributed by atoms with Gasteiger partial charge in [0.1, 0.15) is 0 Å². The number of anilines is 1. The number of amides is 2. The van der Waals surface area contributed by atoms with Crippen molar-refractivity contribution in [1.82, 2.24) is 4.90 Å². The highest BCUT2D eigenvalue weighted by molar-refractivity contribution is 14.1. The van der Waals surface area contributed by atoms with Crippen molar-refractivity contribution in [3.8, 4) is 0 Å². The first kappa shape index (κ1) is 17.9. The van der Waals surface area contributed by atoms with E-state index in [4.69, 9.17) is 4.74 Å². The van der Waals surface area contributed by atoms with Crippen molar-refractivity contribution in [3.05, 3.63) is 62.7 Å². The third kappa shape index (κ3) is 4.01. The van der Waals surface area contributed by atoms with Gasteiger partial charge in [0.2, 0.25) is 0 Å². The van der Waals surface area contributed by atoms with Crippen LogP contribution in [0.3, 0.4) is 0 Å². The summed E-state index contributed by atoms with van der Waals surface area (Å²) in [7, 11) is 0. The van der Waals surface area contributed by atoms with Gasteiger partial charge in [-0.05, 0) is 53.3 Å². The normalized spacial score (nSPS) is 14.2. The summed E-state index contributed by atoms with van der Waals surface area (Å²) in [6, 6.07) is 12.7. The summed E-state index contributed by atoms with van der Waals surface area (Å²) in [6.45, 7) is 4.19. The van der Waals surface area contributed by atoms with Crippen molar-refractivity contribution in [3.63, 3.8) is 0 Å². The van der Waals surface area contributed by atoms with Gasteiger partial charge in [0.15, 0.2) is 0 Å². The molecule has 0 radical (unpaired) electrons. The second-order valence-corrected chi connectivity index (χ2v) is 6.92. The van der Waals surface area contributed by atoms with Gasteiger partial charge in [-0.1, -0.05) is 24.3 Å². The summed E-state index contributed by atoms with van der Waals surface area (Å²) in [5.74, 6) is -0.298. The van der Waals surface area contributed by atoms with E-state index in [0.29, 0.717) is 43.1 Å². The number of nitrogens with zero attached hydrogens (tertiary/aromatic N) is 1. The van der Waals surface area contributed by atoms with Crippen LogP contribution in [-0.2, 0) is 4.74 Å². The molecule has 1 aliphatic rings. The first-order chi connectivity index (χ1) is 12.1. The predicted octanol–water partition coefficient (Wildman–Crippen LogP) is 3.32. The topological polar surface area (TPSA) is 58.6 Å². The van der Waals surface area contributed by atoms with Crippen molar-refractivity contribution in [2.45, 2.75) is 6.92 Å². The van der Waals surface area contributed by atoms with Crippen LogP contribution in [0, 0.1) is 10.5 Å². The summed E-state index contributed by atoms with van der Waals surface area (Å²) < 4.78 is 6.21. The van der Waals surface area contributed by atoms with Crippen molar-refractivity contribution < 1.29 is 14.3 Å². The maximum atomic E-state index is 12.8. The molecule has 0 spiro atoms. The molecule has 25 heavy (non-hydrogen) atoms. The maximum Gasteiger partial charge on any atom is 0.256 e. The van der Waals surface area contributed by atoms with Crippen LogP contribution in [0.15, 0.2) is 42.5 Å². The zero-order chi connectivity index (χ0) is 17.8. The minimum atomic E-state index is -0.213. The van der Waals surface area contributed by atoms with Crippen LogP contribution in [0.25, 0.3) is 0 Å². The highest BCUT2D eigenvalue weighted by Crippen LogP contribution is 2.22. The minimum absolute atomic E-state index is 0.0851. The molecule has 1 heterocycles. The lowest BCUT2D eigenvalue weighted by atomic mass is 10.1. The zero-order valence-corrected chi connectivity index (χ0v) is 16.1. The number of nitrogens with one attached hydrogen (secondary N) is 1. The Bertz CT molecular complexity index is 801. The second-order valence-electron chi connectivity index (χ2n) is 5.84. The highest BCUT2D eigenvalue weighted by atomic mass is 127. The minimum Gasteiger partial charge on any atom is -0.378 e. The van der Waals surface area contributed by atoms with E-state index in [1.807, 2.05) is 25.1 Å². The number of rotatable bonds is 3. The van der Waals surface area contributed by atoms with Gasteiger partial charge in [0.25, 0.3) is 11.8 Å². The van der Waals surface area contributed by atoms with Gasteiger partial charge in [0.05, 0.1) is 30.0 Å². The summed E-state index contributed by atoms with van der Waals surface area (Å²) in [5, 5.41) is 2.89. The molecule has 1 N–H and O–H groups in total. The van der Waals surface area contributed by atoms with E-state index < -0.39 is 0 Å². The lowest BCUT2D eigenvalue weighted by Crippen LogP contribution is -2.41. The molecular formula is C19H19IN2O3. The molecule has 6 heteroatoms. The number of benzene rings is 2. The van der Waals surface area contributed by atoms with Crippen molar-refractivity contribution in [2.75, 3.05) is 31.6 Å². The number of halogens is 1. The molecule has 2 aromatic carbocycles. The molecule has 0 aliphatic carbocycles. The van der Waals surface area contributed by atoms with E-state index in [2.05, 4.69) is 27.9 Å². The van der Waals surface area contributed by atoms with Gasteiger partial charge in [-0.25, -0.2) is 0 Å². The van der Waals surface area contributed by atoms with E-state index in [0.717, 1.165) is 9.13 Å². The Labute approximate surface area is 160 Å². The van der Waals surface area contributed by atoms with Gasteiger partial charge in [0, 0.05) is 16.7 Å². The molecule has 2 aromatic rings. The lowest BCUT2D eigenvalue weighted by Gasteiger charge is -2.27. The summed E-state index contributed by atoms with van der Waals surface area (Å²) in [6.07, 6.45) is 0. The zero-order valence-electron chi connectivity index (χ0n) is 13.9. The predicted molar refractivity (Wildman–Crippen MR) is 105 cm³/mol. The van der Waals surface area contributed by atoms with Gasteiger partial charge in [-0.3, -0.25) is 9.59 Å². The summed E-state index contributed by atoms with van der Waals surface area (Å²) in [5.41, 5.74) is 2.68. The van der Waals surface area contributed by atoms with Gasteiger partial charge in [-0.2, -0.15) is 0 Å². The molecule has 1 aliphatic heterocycles. The fourth-order valence-electron chi connectivity index (χ4n) is 2.73. The molecule has 1 fully saturated rings. The second kappa shape index (κ2) is 7.97. The first-order valence-corrected chi connectivity index (χ1v) is 9.18. The number of morpholine rings is 1. The monoisotopic (exact) mass is 450 g/mol. The van der Waals surface area contributed by atoms with E-state index in [9.17, 15) is 9.59 Å². The maximum absolute atomic E-state index is 12.8. The number of hydrogen-bond donors (Lipinski definition) is 1. The van der Waals surface area contributed by atoms with Gasteiger partial charge < -0.3 is 15.0 Å². The smallest absolute Gasteiger partial charge is 0.256 e. The van der Waals surface area contributed by atoms with Gasteiger partial charge in [-0.15, -0.1) is 0 Å². The Kier molecular flexibility index (Phi) is 5.70. The van der Waals surface area contributed by atoms with Crippen LogP contribution in [0.2, 0.25) is 0 Å². The van der Waals surface area contributed by atoms with Crippen LogP contribution in [-0.4, -0.2) is 43.0 Å². The Morgan fingerprint density at radius 3 is 2.48 bits per heavy atom. The van der Waals surface area contributed by atoms with Crippen molar-refractivity contribution in [2.24, 2.45) is 0 Å². The van der Waals surface area contributed by atoms with E-state index >= 15 is 0 Å². The fraction of sp³-hybridized carbons (Fsp3) is 0.263. The number of para-hydroxylation sites is 1. The van der Waals surface area contributed by atoms with E-state index in [1.54, 1.807) is 29.2 Å². The molecule has 0 saturated carbocycles. The third-order valence-electron chi connectivity index (χ3n) is 4.14.